The number of anilines is 3. The molecule has 0 radical (unpaired) electrons. The minimum absolute atomic E-state index is 0.171. The van der Waals surface area contributed by atoms with Crippen LogP contribution in [0.3, 0.4) is 0 Å². The van der Waals surface area contributed by atoms with Crippen LogP contribution in [0.25, 0.3) is 0 Å². The lowest BCUT2D eigenvalue weighted by Gasteiger charge is -2.20. The van der Waals surface area contributed by atoms with Crippen LogP contribution in [0.1, 0.15) is 17.4 Å². The molecule has 1 aromatic heterocycles. The number of benzene rings is 2. The smallest absolute Gasteiger partial charge is 0.277 e. The van der Waals surface area contributed by atoms with Gasteiger partial charge in [-0.05, 0) is 37.3 Å². The lowest BCUT2D eigenvalue weighted by Crippen LogP contribution is -2.31. The molecule has 0 saturated carbocycles. The third kappa shape index (κ3) is 3.97. The van der Waals surface area contributed by atoms with Crippen molar-refractivity contribution < 1.29 is 9.53 Å². The van der Waals surface area contributed by atoms with Crippen molar-refractivity contribution in [2.45, 2.75) is 6.92 Å². The second-order valence-corrected chi connectivity index (χ2v) is 5.51. The standard InChI is InChI=1S/C20H20N4O2/c1-3-24(16-9-5-4-6-10-16)19(25)18-12-13-21-20(23-18)22-15-8-7-11-17(14-15)26-2/h4-14H,3H2,1-2H3,(H,21,22,23). The van der Waals surface area contributed by atoms with Gasteiger partial charge in [0.15, 0.2) is 0 Å². The minimum atomic E-state index is -0.171. The predicted molar refractivity (Wildman–Crippen MR) is 102 cm³/mol. The summed E-state index contributed by atoms with van der Waals surface area (Å²) in [6, 6.07) is 18.6. The minimum Gasteiger partial charge on any atom is -0.497 e. The maximum Gasteiger partial charge on any atom is 0.277 e. The molecular weight excluding hydrogens is 328 g/mol. The predicted octanol–water partition coefficient (Wildman–Crippen LogP) is 3.90. The van der Waals surface area contributed by atoms with E-state index in [1.54, 1.807) is 24.3 Å². The molecule has 0 bridgehead atoms. The van der Waals surface area contributed by atoms with Gasteiger partial charge in [-0.1, -0.05) is 24.3 Å². The highest BCUT2D eigenvalue weighted by Gasteiger charge is 2.18. The summed E-state index contributed by atoms with van der Waals surface area (Å²) in [5, 5.41) is 3.10. The average Bonchev–Trinajstić information content (AvgIpc) is 2.69. The van der Waals surface area contributed by atoms with Crippen LogP contribution in [0.2, 0.25) is 0 Å². The number of carbonyl (C=O) groups is 1. The lowest BCUT2D eigenvalue weighted by molar-refractivity contribution is 0.0983. The number of nitrogens with zero attached hydrogens (tertiary/aromatic N) is 3. The number of rotatable bonds is 6. The number of hydrogen-bond acceptors (Lipinski definition) is 5. The Morgan fingerprint density at radius 3 is 2.65 bits per heavy atom. The van der Waals surface area contributed by atoms with E-state index in [0.717, 1.165) is 17.1 Å². The van der Waals surface area contributed by atoms with E-state index >= 15 is 0 Å². The molecule has 6 heteroatoms. The quantitative estimate of drug-likeness (QED) is 0.732. The molecular formula is C20H20N4O2. The SMILES string of the molecule is CCN(C(=O)c1ccnc(Nc2cccc(OC)c2)n1)c1ccccc1. The van der Waals surface area contributed by atoms with E-state index in [1.807, 2.05) is 61.5 Å². The Hall–Kier alpha value is -3.41. The fraction of sp³-hybridized carbons (Fsp3) is 0.150. The Kier molecular flexibility index (Phi) is 5.43. The summed E-state index contributed by atoms with van der Waals surface area (Å²) in [6.07, 6.45) is 1.57. The first-order chi connectivity index (χ1) is 12.7. The molecule has 3 aromatic rings. The third-order valence-electron chi connectivity index (χ3n) is 3.83. The highest BCUT2D eigenvalue weighted by molar-refractivity contribution is 6.04. The first-order valence-corrected chi connectivity index (χ1v) is 8.32. The monoisotopic (exact) mass is 348 g/mol. The molecule has 2 aromatic carbocycles. The zero-order chi connectivity index (χ0) is 18.4. The van der Waals surface area contributed by atoms with Gasteiger partial charge >= 0.3 is 0 Å². The normalized spacial score (nSPS) is 10.2. The van der Waals surface area contributed by atoms with Crippen LogP contribution in [0.15, 0.2) is 66.9 Å². The molecule has 26 heavy (non-hydrogen) atoms. The highest BCUT2D eigenvalue weighted by Crippen LogP contribution is 2.20. The summed E-state index contributed by atoms with van der Waals surface area (Å²) in [4.78, 5) is 23.1. The summed E-state index contributed by atoms with van der Waals surface area (Å²) >= 11 is 0. The molecule has 0 atom stereocenters. The molecule has 0 aliphatic carbocycles. The number of ether oxygens (including phenoxy) is 1. The molecule has 0 saturated heterocycles. The van der Waals surface area contributed by atoms with E-state index in [9.17, 15) is 4.79 Å². The largest absolute Gasteiger partial charge is 0.497 e. The summed E-state index contributed by atoms with van der Waals surface area (Å²) in [5.41, 5.74) is 1.95. The van der Waals surface area contributed by atoms with Gasteiger partial charge in [-0.15, -0.1) is 0 Å². The van der Waals surface area contributed by atoms with Crippen molar-refractivity contribution in [3.63, 3.8) is 0 Å². The zero-order valence-electron chi connectivity index (χ0n) is 14.7. The van der Waals surface area contributed by atoms with Gasteiger partial charge < -0.3 is 15.0 Å². The van der Waals surface area contributed by atoms with Gasteiger partial charge in [0.25, 0.3) is 5.91 Å². The first-order valence-electron chi connectivity index (χ1n) is 8.32. The van der Waals surface area contributed by atoms with E-state index in [0.29, 0.717) is 18.2 Å². The number of hydrogen-bond donors (Lipinski definition) is 1. The Bertz CT molecular complexity index is 884. The van der Waals surface area contributed by atoms with Gasteiger partial charge in [-0.3, -0.25) is 4.79 Å². The zero-order valence-corrected chi connectivity index (χ0v) is 14.7. The summed E-state index contributed by atoms with van der Waals surface area (Å²) in [6.45, 7) is 2.48. The molecule has 0 aliphatic heterocycles. The maximum absolute atomic E-state index is 12.9. The molecule has 6 nitrogen and oxygen atoms in total. The molecule has 0 fully saturated rings. The van der Waals surface area contributed by atoms with Crippen molar-refractivity contribution in [3.05, 3.63) is 72.6 Å². The number of carbonyl (C=O) groups excluding carboxylic acids is 1. The Balaban J connectivity index is 1.83. The van der Waals surface area contributed by atoms with Crippen molar-refractivity contribution in [2.24, 2.45) is 0 Å². The number of para-hydroxylation sites is 1. The number of aromatic nitrogens is 2. The van der Waals surface area contributed by atoms with Crippen LogP contribution in [-0.4, -0.2) is 29.5 Å². The Morgan fingerprint density at radius 2 is 1.92 bits per heavy atom. The van der Waals surface area contributed by atoms with Crippen LogP contribution in [0.4, 0.5) is 17.3 Å². The number of nitrogens with one attached hydrogen (secondary N) is 1. The van der Waals surface area contributed by atoms with Crippen LogP contribution < -0.4 is 15.0 Å². The summed E-state index contributed by atoms with van der Waals surface area (Å²) in [7, 11) is 1.61. The molecule has 1 N–H and O–H groups in total. The van der Waals surface area contributed by atoms with Gasteiger partial charge in [0.1, 0.15) is 11.4 Å². The maximum atomic E-state index is 12.9. The molecule has 0 aliphatic rings. The summed E-state index contributed by atoms with van der Waals surface area (Å²) in [5.74, 6) is 0.909. The second-order valence-electron chi connectivity index (χ2n) is 5.51. The van der Waals surface area contributed by atoms with E-state index in [1.165, 1.54) is 0 Å². The first kappa shape index (κ1) is 17.4. The van der Waals surface area contributed by atoms with Gasteiger partial charge in [0, 0.05) is 30.2 Å². The van der Waals surface area contributed by atoms with Crippen molar-refractivity contribution in [1.29, 1.82) is 0 Å². The Labute approximate surface area is 152 Å². The van der Waals surface area contributed by atoms with Gasteiger partial charge in [0.2, 0.25) is 5.95 Å². The second kappa shape index (κ2) is 8.11. The average molecular weight is 348 g/mol. The summed E-state index contributed by atoms with van der Waals surface area (Å²) < 4.78 is 5.21. The number of amides is 1. The molecule has 3 rings (SSSR count). The molecule has 1 heterocycles. The molecule has 0 unspecified atom stereocenters. The van der Waals surface area contributed by atoms with Crippen molar-refractivity contribution in [1.82, 2.24) is 9.97 Å². The van der Waals surface area contributed by atoms with Crippen LogP contribution in [0.5, 0.6) is 5.75 Å². The topological polar surface area (TPSA) is 67.4 Å². The van der Waals surface area contributed by atoms with Crippen LogP contribution in [0, 0.1) is 0 Å². The van der Waals surface area contributed by atoms with E-state index in [-0.39, 0.29) is 5.91 Å². The third-order valence-corrected chi connectivity index (χ3v) is 3.83. The van der Waals surface area contributed by atoms with Crippen molar-refractivity contribution in [2.75, 3.05) is 23.9 Å². The van der Waals surface area contributed by atoms with Gasteiger partial charge in [-0.25, -0.2) is 9.97 Å². The Morgan fingerprint density at radius 1 is 1.12 bits per heavy atom. The van der Waals surface area contributed by atoms with Crippen molar-refractivity contribution >= 4 is 23.2 Å². The lowest BCUT2D eigenvalue weighted by atomic mass is 10.2. The fourth-order valence-corrected chi connectivity index (χ4v) is 2.56. The van der Waals surface area contributed by atoms with Crippen LogP contribution in [-0.2, 0) is 0 Å². The van der Waals surface area contributed by atoms with Gasteiger partial charge in [0.05, 0.1) is 7.11 Å². The molecule has 0 spiro atoms. The molecule has 132 valence electrons. The number of methoxy groups -OCH3 is 1. The van der Waals surface area contributed by atoms with Crippen LogP contribution >= 0.6 is 0 Å². The fourth-order valence-electron chi connectivity index (χ4n) is 2.56. The molecule has 1 amide bonds. The van der Waals surface area contributed by atoms with E-state index < -0.39 is 0 Å². The van der Waals surface area contributed by atoms with Gasteiger partial charge in [-0.2, -0.15) is 0 Å². The highest BCUT2D eigenvalue weighted by atomic mass is 16.5. The van der Waals surface area contributed by atoms with Crippen molar-refractivity contribution in [3.8, 4) is 5.75 Å². The van der Waals surface area contributed by atoms with E-state index in [4.69, 9.17) is 4.74 Å². The van der Waals surface area contributed by atoms with E-state index in [2.05, 4.69) is 15.3 Å².